The zero-order valence-electron chi connectivity index (χ0n) is 9.27. The molecule has 1 aliphatic heterocycles. The minimum atomic E-state index is 0.107. The number of hydrogen-bond acceptors (Lipinski definition) is 3. The highest BCUT2D eigenvalue weighted by Crippen LogP contribution is 2.36. The number of thioether (sulfide) groups is 1. The van der Waals surface area contributed by atoms with Gasteiger partial charge in [-0.15, -0.1) is 11.8 Å². The molecular formula is C12H13NO2S. The SMILES string of the molecule is CC(C)N1C(=O)CSc2ccc(C=O)cc21. The smallest absolute Gasteiger partial charge is 0.237 e. The van der Waals surface area contributed by atoms with Crippen molar-refractivity contribution in [3.05, 3.63) is 23.8 Å². The number of amides is 1. The van der Waals surface area contributed by atoms with Crippen molar-refractivity contribution in [1.29, 1.82) is 0 Å². The summed E-state index contributed by atoms with van der Waals surface area (Å²) in [6.45, 7) is 3.95. The molecule has 4 heteroatoms. The fraction of sp³-hybridized carbons (Fsp3) is 0.333. The van der Waals surface area contributed by atoms with Crippen LogP contribution in [0.5, 0.6) is 0 Å². The first kappa shape index (κ1) is 11.2. The molecule has 16 heavy (non-hydrogen) atoms. The van der Waals surface area contributed by atoms with E-state index in [1.54, 1.807) is 17.0 Å². The van der Waals surface area contributed by atoms with Gasteiger partial charge in [-0.1, -0.05) is 6.07 Å². The Morgan fingerprint density at radius 3 is 2.81 bits per heavy atom. The molecule has 0 radical (unpaired) electrons. The van der Waals surface area contributed by atoms with E-state index in [0.29, 0.717) is 11.3 Å². The molecule has 0 saturated carbocycles. The number of anilines is 1. The summed E-state index contributed by atoms with van der Waals surface area (Å²) in [5.41, 5.74) is 1.47. The summed E-state index contributed by atoms with van der Waals surface area (Å²) in [5.74, 6) is 0.585. The average Bonchev–Trinajstić information content (AvgIpc) is 2.27. The van der Waals surface area contributed by atoms with Crippen molar-refractivity contribution in [2.75, 3.05) is 10.7 Å². The third kappa shape index (κ3) is 1.85. The van der Waals surface area contributed by atoms with Crippen LogP contribution in [0.25, 0.3) is 0 Å². The molecule has 0 bridgehead atoms. The second-order valence-electron chi connectivity index (χ2n) is 3.99. The van der Waals surface area contributed by atoms with Crippen molar-refractivity contribution in [1.82, 2.24) is 0 Å². The van der Waals surface area contributed by atoms with Gasteiger partial charge in [0.05, 0.1) is 11.4 Å². The van der Waals surface area contributed by atoms with Gasteiger partial charge in [-0.05, 0) is 26.0 Å². The normalized spacial score (nSPS) is 15.2. The maximum atomic E-state index is 11.8. The van der Waals surface area contributed by atoms with Gasteiger partial charge in [0.2, 0.25) is 5.91 Å². The van der Waals surface area contributed by atoms with E-state index in [0.717, 1.165) is 16.9 Å². The maximum Gasteiger partial charge on any atom is 0.237 e. The molecule has 0 unspecified atom stereocenters. The molecule has 3 nitrogen and oxygen atoms in total. The minimum Gasteiger partial charge on any atom is -0.308 e. The Morgan fingerprint density at radius 2 is 2.19 bits per heavy atom. The first-order valence-electron chi connectivity index (χ1n) is 5.17. The van der Waals surface area contributed by atoms with Crippen LogP contribution in [-0.4, -0.2) is 24.0 Å². The molecular weight excluding hydrogens is 222 g/mol. The summed E-state index contributed by atoms with van der Waals surface area (Å²) in [6.07, 6.45) is 0.808. The lowest BCUT2D eigenvalue weighted by atomic mass is 10.1. The van der Waals surface area contributed by atoms with Gasteiger partial charge in [-0.2, -0.15) is 0 Å². The molecule has 1 aromatic carbocycles. The number of nitrogens with zero attached hydrogens (tertiary/aromatic N) is 1. The minimum absolute atomic E-state index is 0.107. The zero-order valence-corrected chi connectivity index (χ0v) is 10.1. The number of benzene rings is 1. The van der Waals surface area contributed by atoms with Crippen molar-refractivity contribution in [3.8, 4) is 0 Å². The van der Waals surface area contributed by atoms with Gasteiger partial charge in [0.15, 0.2) is 0 Å². The van der Waals surface area contributed by atoms with Crippen LogP contribution in [-0.2, 0) is 4.79 Å². The second-order valence-corrected chi connectivity index (χ2v) is 5.01. The Hall–Kier alpha value is -1.29. The van der Waals surface area contributed by atoms with E-state index >= 15 is 0 Å². The Bertz CT molecular complexity index is 443. The van der Waals surface area contributed by atoms with Crippen LogP contribution >= 0.6 is 11.8 Å². The van der Waals surface area contributed by atoms with Crippen LogP contribution in [0, 0.1) is 0 Å². The average molecular weight is 235 g/mol. The molecule has 0 N–H and O–H groups in total. The summed E-state index contributed by atoms with van der Waals surface area (Å²) in [5, 5.41) is 0. The summed E-state index contributed by atoms with van der Waals surface area (Å²) in [6, 6.07) is 5.60. The topological polar surface area (TPSA) is 37.4 Å². The van der Waals surface area contributed by atoms with Gasteiger partial charge in [-0.25, -0.2) is 0 Å². The molecule has 84 valence electrons. The third-order valence-corrected chi connectivity index (χ3v) is 3.56. The van der Waals surface area contributed by atoms with Crippen molar-refractivity contribution in [3.63, 3.8) is 0 Å². The van der Waals surface area contributed by atoms with E-state index in [1.165, 1.54) is 11.8 Å². The largest absolute Gasteiger partial charge is 0.308 e. The van der Waals surface area contributed by atoms with Crippen molar-refractivity contribution in [2.24, 2.45) is 0 Å². The number of hydrogen-bond donors (Lipinski definition) is 0. The Kier molecular flexibility index (Phi) is 3.01. The van der Waals surface area contributed by atoms with E-state index in [-0.39, 0.29) is 11.9 Å². The fourth-order valence-electron chi connectivity index (χ4n) is 1.83. The van der Waals surface area contributed by atoms with Gasteiger partial charge < -0.3 is 4.90 Å². The zero-order chi connectivity index (χ0) is 11.7. The van der Waals surface area contributed by atoms with Crippen LogP contribution < -0.4 is 4.90 Å². The fourth-order valence-corrected chi connectivity index (χ4v) is 2.72. The highest BCUT2D eigenvalue weighted by molar-refractivity contribution is 8.00. The van der Waals surface area contributed by atoms with Crippen LogP contribution in [0.4, 0.5) is 5.69 Å². The van der Waals surface area contributed by atoms with Crippen LogP contribution in [0.1, 0.15) is 24.2 Å². The summed E-state index contributed by atoms with van der Waals surface area (Å²) in [7, 11) is 0. The third-order valence-electron chi connectivity index (χ3n) is 2.51. The molecule has 0 aliphatic carbocycles. The van der Waals surface area contributed by atoms with Gasteiger partial charge >= 0.3 is 0 Å². The monoisotopic (exact) mass is 235 g/mol. The quantitative estimate of drug-likeness (QED) is 0.738. The molecule has 1 amide bonds. The highest BCUT2D eigenvalue weighted by Gasteiger charge is 2.26. The van der Waals surface area contributed by atoms with Crippen molar-refractivity contribution in [2.45, 2.75) is 24.8 Å². The standard InChI is InChI=1S/C12H13NO2S/c1-8(2)13-10-5-9(6-14)3-4-11(10)16-7-12(13)15/h3-6,8H,7H2,1-2H3. The first-order chi connectivity index (χ1) is 7.63. The number of rotatable bonds is 2. The predicted octanol–water partition coefficient (Wildman–Crippen LogP) is 2.35. The molecule has 0 spiro atoms. The number of aldehydes is 1. The Morgan fingerprint density at radius 1 is 1.44 bits per heavy atom. The Labute approximate surface area is 98.8 Å². The van der Waals surface area contributed by atoms with E-state index in [1.807, 2.05) is 19.9 Å². The van der Waals surface area contributed by atoms with Crippen molar-refractivity contribution >= 4 is 29.6 Å². The van der Waals surface area contributed by atoms with Gasteiger partial charge in [0.1, 0.15) is 6.29 Å². The molecule has 1 heterocycles. The highest BCUT2D eigenvalue weighted by atomic mass is 32.2. The molecule has 1 aliphatic rings. The molecule has 0 saturated heterocycles. The summed E-state index contributed by atoms with van der Waals surface area (Å²) in [4.78, 5) is 25.4. The van der Waals surface area contributed by atoms with E-state index < -0.39 is 0 Å². The lowest BCUT2D eigenvalue weighted by molar-refractivity contribution is -0.116. The lowest BCUT2D eigenvalue weighted by Crippen LogP contribution is -2.40. The second kappa shape index (κ2) is 4.29. The number of fused-ring (bicyclic) bond motifs is 1. The van der Waals surface area contributed by atoms with Gasteiger partial charge in [0.25, 0.3) is 0 Å². The Balaban J connectivity index is 2.52. The van der Waals surface area contributed by atoms with Crippen LogP contribution in [0.3, 0.4) is 0 Å². The van der Waals surface area contributed by atoms with Crippen molar-refractivity contribution < 1.29 is 9.59 Å². The number of carbonyl (C=O) groups excluding carboxylic acids is 2. The molecule has 1 aromatic rings. The maximum absolute atomic E-state index is 11.8. The summed E-state index contributed by atoms with van der Waals surface area (Å²) >= 11 is 1.53. The molecule has 2 rings (SSSR count). The van der Waals surface area contributed by atoms with Crippen LogP contribution in [0.2, 0.25) is 0 Å². The summed E-state index contributed by atoms with van der Waals surface area (Å²) < 4.78 is 0. The van der Waals surface area contributed by atoms with E-state index in [9.17, 15) is 9.59 Å². The number of carbonyl (C=O) groups is 2. The molecule has 0 aromatic heterocycles. The predicted molar refractivity (Wildman–Crippen MR) is 65.2 cm³/mol. The van der Waals surface area contributed by atoms with Gasteiger partial charge in [-0.3, -0.25) is 9.59 Å². The van der Waals surface area contributed by atoms with E-state index in [2.05, 4.69) is 0 Å². The first-order valence-corrected chi connectivity index (χ1v) is 6.16. The lowest BCUT2D eigenvalue weighted by Gasteiger charge is -2.32. The van der Waals surface area contributed by atoms with Gasteiger partial charge in [0, 0.05) is 16.5 Å². The molecule has 0 atom stereocenters. The molecule has 0 fully saturated rings. The van der Waals surface area contributed by atoms with E-state index in [4.69, 9.17) is 0 Å². The van der Waals surface area contributed by atoms with Crippen LogP contribution in [0.15, 0.2) is 23.1 Å².